The first-order valence-corrected chi connectivity index (χ1v) is 4.10. The summed E-state index contributed by atoms with van der Waals surface area (Å²) in [5, 5.41) is 0. The lowest BCUT2D eigenvalue weighted by molar-refractivity contribution is 1.37. The van der Waals surface area contributed by atoms with Crippen LogP contribution < -0.4 is 0 Å². The first kappa shape index (κ1) is 7.40. The van der Waals surface area contributed by atoms with E-state index >= 15 is 0 Å². The zero-order valence-electron chi connectivity index (χ0n) is 3.25. The van der Waals surface area contributed by atoms with Crippen molar-refractivity contribution in [3.8, 4) is 0 Å². The summed E-state index contributed by atoms with van der Waals surface area (Å²) >= 11 is 11.9. The first-order chi connectivity index (χ1) is 2.56. The fourth-order valence-corrected chi connectivity index (χ4v) is 0. The predicted octanol–water partition coefficient (Wildman–Crippen LogP) is 2.10. The SMILES string of the molecule is CC(S)(S)SS. The van der Waals surface area contributed by atoms with Crippen LogP contribution in [0.4, 0.5) is 0 Å². The Morgan fingerprint density at radius 1 is 1.50 bits per heavy atom. The molecule has 0 saturated heterocycles. The summed E-state index contributed by atoms with van der Waals surface area (Å²) in [6, 6.07) is 0. The minimum Gasteiger partial charge on any atom is -0.151 e. The molecule has 0 saturated carbocycles. The molecule has 0 heterocycles. The quantitative estimate of drug-likeness (QED) is 0.298. The van der Waals surface area contributed by atoms with Crippen molar-refractivity contribution in [3.05, 3.63) is 0 Å². The summed E-state index contributed by atoms with van der Waals surface area (Å²) < 4.78 is -0.289. The fourth-order valence-electron chi connectivity index (χ4n) is 0. The number of hydrogen-bond acceptors (Lipinski definition) is 4. The summed E-state index contributed by atoms with van der Waals surface area (Å²) in [6.45, 7) is 1.86. The Labute approximate surface area is 58.1 Å². The van der Waals surface area contributed by atoms with Crippen LogP contribution in [-0.2, 0) is 0 Å². The van der Waals surface area contributed by atoms with E-state index in [2.05, 4.69) is 36.9 Å². The van der Waals surface area contributed by atoms with E-state index in [-0.39, 0.29) is 3.41 Å². The van der Waals surface area contributed by atoms with Crippen LogP contribution >= 0.6 is 47.7 Å². The fraction of sp³-hybridized carbons (Fsp3) is 1.00. The lowest BCUT2D eigenvalue weighted by atomic mass is 10.9. The van der Waals surface area contributed by atoms with Gasteiger partial charge in [0.1, 0.15) is 3.41 Å². The van der Waals surface area contributed by atoms with Crippen LogP contribution in [0.5, 0.6) is 0 Å². The van der Waals surface area contributed by atoms with Crippen molar-refractivity contribution in [2.75, 3.05) is 0 Å². The van der Waals surface area contributed by atoms with E-state index in [1.54, 1.807) is 0 Å². The molecule has 0 radical (unpaired) electrons. The second-order valence-corrected chi connectivity index (χ2v) is 5.32. The molecule has 0 spiro atoms. The third-order valence-corrected chi connectivity index (χ3v) is 3.03. The number of thiol groups is 3. The molecule has 0 aromatic heterocycles. The van der Waals surface area contributed by atoms with Gasteiger partial charge >= 0.3 is 0 Å². The molecule has 0 nitrogen and oxygen atoms in total. The van der Waals surface area contributed by atoms with Gasteiger partial charge in [0.05, 0.1) is 0 Å². The van der Waals surface area contributed by atoms with Gasteiger partial charge in [0, 0.05) is 0 Å². The monoisotopic (exact) mass is 158 g/mol. The maximum Gasteiger partial charge on any atom is 0.108 e. The van der Waals surface area contributed by atoms with Gasteiger partial charge in [0.25, 0.3) is 0 Å². The Balaban J connectivity index is 3.17. The zero-order valence-corrected chi connectivity index (χ0v) is 6.75. The smallest absolute Gasteiger partial charge is 0.108 e. The average Bonchev–Trinajstić information content (AvgIpc) is 1.35. The molecular weight excluding hydrogens is 152 g/mol. The summed E-state index contributed by atoms with van der Waals surface area (Å²) in [5.74, 6) is 0. The maximum absolute atomic E-state index is 4.01. The van der Waals surface area contributed by atoms with Crippen molar-refractivity contribution in [2.45, 2.75) is 10.3 Å². The molecule has 4 heteroatoms. The van der Waals surface area contributed by atoms with Crippen LogP contribution in [0.3, 0.4) is 0 Å². The van der Waals surface area contributed by atoms with Gasteiger partial charge < -0.3 is 0 Å². The van der Waals surface area contributed by atoms with Crippen molar-refractivity contribution >= 4 is 47.7 Å². The Bertz CT molecular complexity index is 35.3. The molecule has 0 aliphatic heterocycles. The zero-order chi connectivity index (χ0) is 5.21. The third kappa shape index (κ3) is 5.40. The van der Waals surface area contributed by atoms with E-state index in [9.17, 15) is 0 Å². The maximum atomic E-state index is 4.01. The van der Waals surface area contributed by atoms with Crippen LogP contribution in [0.15, 0.2) is 0 Å². The van der Waals surface area contributed by atoms with E-state index in [0.717, 1.165) is 0 Å². The highest BCUT2D eigenvalue weighted by molar-refractivity contribution is 8.72. The molecule has 0 atom stereocenters. The summed E-state index contributed by atoms with van der Waals surface area (Å²) in [5.41, 5.74) is 0. The Morgan fingerprint density at radius 3 is 1.67 bits per heavy atom. The standard InChI is InChI=1S/C2H6S4/c1-2(3,4)6-5/h3-5H,1H3. The van der Waals surface area contributed by atoms with Gasteiger partial charge in [-0.2, -0.15) is 25.3 Å². The normalized spacial score (nSPS) is 12.0. The first-order valence-electron chi connectivity index (χ1n) is 1.33. The predicted molar refractivity (Wildman–Crippen MR) is 43.0 cm³/mol. The van der Waals surface area contributed by atoms with Gasteiger partial charge in [-0.25, -0.2) is 0 Å². The molecule has 0 aliphatic carbocycles. The average molecular weight is 158 g/mol. The van der Waals surface area contributed by atoms with Gasteiger partial charge in [-0.05, 0) is 6.92 Å². The lowest BCUT2D eigenvalue weighted by Crippen LogP contribution is -1.92. The van der Waals surface area contributed by atoms with Gasteiger partial charge in [0.15, 0.2) is 0 Å². The van der Waals surface area contributed by atoms with Gasteiger partial charge in [-0.1, -0.05) is 10.8 Å². The molecule has 0 aromatic carbocycles. The highest BCUT2D eigenvalue weighted by atomic mass is 33.1. The molecule has 0 rings (SSSR count). The Hall–Kier alpha value is 1.40. The Kier molecular flexibility index (Phi) is 3.26. The van der Waals surface area contributed by atoms with Gasteiger partial charge in [0.2, 0.25) is 0 Å². The summed E-state index contributed by atoms with van der Waals surface area (Å²) in [7, 11) is 1.30. The molecule has 0 aliphatic rings. The van der Waals surface area contributed by atoms with Gasteiger partial charge in [-0.15, -0.1) is 11.7 Å². The summed E-state index contributed by atoms with van der Waals surface area (Å²) in [6.07, 6.45) is 0. The molecule has 0 unspecified atom stereocenters. The van der Waals surface area contributed by atoms with E-state index in [1.807, 2.05) is 6.92 Å². The number of hydrogen-bond donors (Lipinski definition) is 3. The second kappa shape index (κ2) is 2.64. The Morgan fingerprint density at radius 2 is 1.67 bits per heavy atom. The minimum atomic E-state index is -0.289. The highest BCUT2D eigenvalue weighted by Crippen LogP contribution is 2.34. The lowest BCUT2D eigenvalue weighted by Gasteiger charge is -2.08. The highest BCUT2D eigenvalue weighted by Gasteiger charge is 2.08. The molecule has 0 bridgehead atoms. The minimum absolute atomic E-state index is 0.289. The molecule has 38 valence electrons. The van der Waals surface area contributed by atoms with Crippen molar-refractivity contribution in [3.63, 3.8) is 0 Å². The van der Waals surface area contributed by atoms with Crippen molar-refractivity contribution in [2.24, 2.45) is 0 Å². The molecule has 0 aromatic rings. The topological polar surface area (TPSA) is 0 Å². The van der Waals surface area contributed by atoms with E-state index < -0.39 is 0 Å². The van der Waals surface area contributed by atoms with Crippen LogP contribution in [0.1, 0.15) is 6.92 Å². The van der Waals surface area contributed by atoms with Crippen molar-refractivity contribution in [1.29, 1.82) is 0 Å². The van der Waals surface area contributed by atoms with Crippen molar-refractivity contribution < 1.29 is 0 Å². The molecule has 0 N–H and O–H groups in total. The number of rotatable bonds is 1. The van der Waals surface area contributed by atoms with Crippen LogP contribution in [-0.4, -0.2) is 3.41 Å². The van der Waals surface area contributed by atoms with E-state index in [1.165, 1.54) is 10.8 Å². The molecular formula is C2H6S4. The van der Waals surface area contributed by atoms with E-state index in [0.29, 0.717) is 0 Å². The van der Waals surface area contributed by atoms with E-state index in [4.69, 9.17) is 0 Å². The second-order valence-electron chi connectivity index (χ2n) is 1.03. The van der Waals surface area contributed by atoms with Crippen LogP contribution in [0.25, 0.3) is 0 Å². The third-order valence-electron chi connectivity index (χ3n) is 0.173. The molecule has 0 amide bonds. The van der Waals surface area contributed by atoms with Gasteiger partial charge in [-0.3, -0.25) is 0 Å². The largest absolute Gasteiger partial charge is 0.151 e. The molecule has 0 fully saturated rings. The van der Waals surface area contributed by atoms with Crippen molar-refractivity contribution in [1.82, 2.24) is 0 Å². The van der Waals surface area contributed by atoms with Crippen LogP contribution in [0, 0.1) is 0 Å². The molecule has 6 heavy (non-hydrogen) atoms. The van der Waals surface area contributed by atoms with Crippen LogP contribution in [0.2, 0.25) is 0 Å². The summed E-state index contributed by atoms with van der Waals surface area (Å²) in [4.78, 5) is 0.